The third-order valence-corrected chi connectivity index (χ3v) is 0. The molecule has 0 aliphatic rings. The molecule has 0 saturated carbocycles. The van der Waals surface area contributed by atoms with E-state index >= 15 is 0 Å². The molecule has 0 rings (SSSR count). The summed E-state index contributed by atoms with van der Waals surface area (Å²) in [7, 11) is 0. The van der Waals surface area contributed by atoms with Crippen molar-refractivity contribution in [2.75, 3.05) is 0 Å². The van der Waals surface area contributed by atoms with Crippen LogP contribution in [0.1, 0.15) is 0 Å². The first-order chi connectivity index (χ1) is 1.41. The molecule has 0 spiro atoms. The SMILES string of the molecule is [AlH3].[Fe].[MgH2].[O]=[Ti]=[O]. The van der Waals surface area contributed by atoms with Gasteiger partial charge < -0.3 is 0 Å². The maximum absolute atomic E-state index is 8.50. The predicted molar refractivity (Wildman–Crippen MR) is 19.9 cm³/mol. The molecule has 2 nitrogen and oxygen atoms in total. The van der Waals surface area contributed by atoms with Crippen LogP contribution in [0.2, 0.25) is 0 Å². The molecular formula is H5AlFeMgO2Ti. The second kappa shape index (κ2) is 27.3. The van der Waals surface area contributed by atoms with E-state index in [-0.39, 0.29) is 57.5 Å². The first-order valence-corrected chi connectivity index (χ1v) is 1.68. The Morgan fingerprint density at radius 1 is 1.17 bits per heavy atom. The van der Waals surface area contributed by atoms with Gasteiger partial charge in [-0.25, -0.2) is 0 Å². The van der Waals surface area contributed by atoms with Crippen molar-refractivity contribution >= 4 is 40.4 Å². The van der Waals surface area contributed by atoms with Crippen LogP contribution in [0.4, 0.5) is 0 Å². The second-order valence-electron chi connectivity index (χ2n) is 0.0833. The van der Waals surface area contributed by atoms with E-state index in [1.807, 2.05) is 0 Å². The van der Waals surface area contributed by atoms with E-state index in [0.717, 1.165) is 0 Å². The van der Waals surface area contributed by atoms with Crippen molar-refractivity contribution in [2.24, 2.45) is 0 Å². The molecule has 34 valence electrons. The molecule has 0 aliphatic heterocycles. The van der Waals surface area contributed by atoms with Crippen LogP contribution in [-0.4, -0.2) is 40.4 Å². The van der Waals surface area contributed by atoms with Gasteiger partial charge in [-0.3, -0.25) is 0 Å². The van der Waals surface area contributed by atoms with Crippen molar-refractivity contribution in [3.8, 4) is 0 Å². The first-order valence-electron chi connectivity index (χ1n) is 0.408. The number of hydrogen-bond acceptors (Lipinski definition) is 2. The van der Waals surface area contributed by atoms with E-state index in [1.165, 1.54) is 0 Å². The fraction of sp³-hybridized carbons (Fsp3) is 0. The zero-order chi connectivity index (χ0) is 2.71. The van der Waals surface area contributed by atoms with E-state index in [0.29, 0.717) is 0 Å². The molecule has 0 heterocycles. The molecule has 6 heavy (non-hydrogen) atoms. The van der Waals surface area contributed by atoms with Gasteiger partial charge >= 0.3 is 48.8 Å². The molecule has 0 aromatic rings. The van der Waals surface area contributed by atoms with Crippen molar-refractivity contribution in [1.82, 2.24) is 0 Å². The molecule has 0 bridgehead atoms. The van der Waals surface area contributed by atoms with Crippen LogP contribution >= 0.6 is 0 Å². The van der Waals surface area contributed by atoms with Gasteiger partial charge in [0.25, 0.3) is 0 Å². The summed E-state index contributed by atoms with van der Waals surface area (Å²) in [5.74, 6) is 0. The Hall–Kier alpha value is 2.13. The topological polar surface area (TPSA) is 34.1 Å². The molecule has 0 N–H and O–H groups in total. The van der Waals surface area contributed by atoms with Gasteiger partial charge in [0.1, 0.15) is 0 Å². The molecule has 6 heteroatoms. The van der Waals surface area contributed by atoms with Gasteiger partial charge in [0.05, 0.1) is 0 Å². The number of hydrogen-bond donors (Lipinski definition) is 0. The Kier molecular flexibility index (Phi) is 110. The molecule has 0 fully saturated rings. The molecule has 0 unspecified atom stereocenters. The average molecular weight is 192 g/mol. The van der Waals surface area contributed by atoms with Crippen LogP contribution < -0.4 is 0 Å². The van der Waals surface area contributed by atoms with Gasteiger partial charge in [0.2, 0.25) is 0 Å². The van der Waals surface area contributed by atoms with Gasteiger partial charge in [-0.05, 0) is 0 Å². The predicted octanol–water partition coefficient (Wildman–Crippen LogP) is -2.34. The summed E-state index contributed by atoms with van der Waals surface area (Å²) in [5.41, 5.74) is 0. The minimum atomic E-state index is -2.00. The summed E-state index contributed by atoms with van der Waals surface area (Å²) < 4.78 is 17.0. The summed E-state index contributed by atoms with van der Waals surface area (Å²) in [6, 6.07) is 0. The minimum absolute atomic E-state index is 0. The third kappa shape index (κ3) is 35.5. The molecule has 0 radical (unpaired) electrons. The molecule has 0 amide bonds. The van der Waals surface area contributed by atoms with Crippen molar-refractivity contribution in [2.45, 2.75) is 0 Å². The van der Waals surface area contributed by atoms with Crippen molar-refractivity contribution in [3.63, 3.8) is 0 Å². The zero-order valence-electron chi connectivity index (χ0n) is 1.67. The van der Waals surface area contributed by atoms with E-state index < -0.39 is 19.1 Å². The normalized spacial score (nSPS) is 1.33. The average Bonchev–Trinajstić information content (AvgIpc) is 0.918. The molecular weight excluding hydrogens is 187 g/mol. The molecule has 0 saturated heterocycles. The van der Waals surface area contributed by atoms with Gasteiger partial charge in [0.15, 0.2) is 17.4 Å². The summed E-state index contributed by atoms with van der Waals surface area (Å²) >= 11 is -2.00. The quantitative estimate of drug-likeness (QED) is 0.403. The third-order valence-electron chi connectivity index (χ3n) is 0. The number of rotatable bonds is 0. The van der Waals surface area contributed by atoms with Gasteiger partial charge in [-0.2, -0.15) is 0 Å². The van der Waals surface area contributed by atoms with Crippen molar-refractivity contribution in [1.29, 1.82) is 0 Å². The standard InChI is InChI=1S/Al.Fe.Mg.2O.Ti.5H. The van der Waals surface area contributed by atoms with Crippen molar-refractivity contribution < 1.29 is 42.8 Å². The van der Waals surface area contributed by atoms with Crippen LogP contribution in [0.15, 0.2) is 0 Å². The Labute approximate surface area is 82.1 Å². The zero-order valence-corrected chi connectivity index (χ0v) is 4.34. The molecule has 0 aromatic heterocycles. The van der Waals surface area contributed by atoms with E-state index in [1.54, 1.807) is 0 Å². The molecule has 0 aliphatic carbocycles. The van der Waals surface area contributed by atoms with E-state index in [2.05, 4.69) is 0 Å². The Bertz CT molecular complexity index is 34.5. The molecule has 0 atom stereocenters. The summed E-state index contributed by atoms with van der Waals surface area (Å²) in [5, 5.41) is 0. The Balaban J connectivity index is -0.00000000667. The monoisotopic (exact) mass is 192 g/mol. The van der Waals surface area contributed by atoms with Gasteiger partial charge in [-0.1, -0.05) is 0 Å². The fourth-order valence-corrected chi connectivity index (χ4v) is 0. The van der Waals surface area contributed by atoms with Crippen LogP contribution in [0.3, 0.4) is 0 Å². The van der Waals surface area contributed by atoms with Crippen LogP contribution in [0, 0.1) is 0 Å². The van der Waals surface area contributed by atoms with Crippen LogP contribution in [0.5, 0.6) is 0 Å². The van der Waals surface area contributed by atoms with Gasteiger partial charge in [-0.15, -0.1) is 0 Å². The summed E-state index contributed by atoms with van der Waals surface area (Å²) in [6.07, 6.45) is 0. The second-order valence-corrected chi connectivity index (χ2v) is 0.344. The maximum atomic E-state index is 8.50. The van der Waals surface area contributed by atoms with Crippen molar-refractivity contribution in [3.05, 3.63) is 0 Å². The Morgan fingerprint density at radius 3 is 1.17 bits per heavy atom. The van der Waals surface area contributed by atoms with Crippen LogP contribution in [-0.2, 0) is 42.8 Å². The van der Waals surface area contributed by atoms with Gasteiger partial charge in [0, 0.05) is 17.1 Å². The van der Waals surface area contributed by atoms with E-state index in [9.17, 15) is 0 Å². The summed E-state index contributed by atoms with van der Waals surface area (Å²) in [4.78, 5) is 0. The molecule has 0 aromatic carbocycles. The fourth-order valence-electron chi connectivity index (χ4n) is 0. The summed E-state index contributed by atoms with van der Waals surface area (Å²) in [6.45, 7) is 0. The van der Waals surface area contributed by atoms with Crippen LogP contribution in [0.25, 0.3) is 0 Å². The Morgan fingerprint density at radius 2 is 1.17 bits per heavy atom. The van der Waals surface area contributed by atoms with E-state index in [4.69, 9.17) is 6.65 Å². The first kappa shape index (κ1) is 24.2.